The van der Waals surface area contributed by atoms with Crippen LogP contribution in [-0.2, 0) is 6.18 Å². The normalized spacial score (nSPS) is 11.6. The van der Waals surface area contributed by atoms with Gasteiger partial charge in [-0.1, -0.05) is 0 Å². The van der Waals surface area contributed by atoms with Crippen molar-refractivity contribution in [3.8, 4) is 5.69 Å². The third-order valence-electron chi connectivity index (χ3n) is 2.41. The highest BCUT2D eigenvalue weighted by Gasteiger charge is 2.34. The molecule has 0 aliphatic rings. The lowest BCUT2D eigenvalue weighted by Gasteiger charge is -2.13. The molecule has 0 saturated carbocycles. The molecule has 0 fully saturated rings. The predicted molar refractivity (Wildman–Crippen MR) is 72.3 cm³/mol. The van der Waals surface area contributed by atoms with Gasteiger partial charge in [-0.15, -0.1) is 0 Å². The third kappa shape index (κ3) is 2.88. The number of hydrogen-bond acceptors (Lipinski definition) is 2. The number of nitrogen functional groups attached to an aromatic ring is 1. The number of hydrogen-bond donors (Lipinski definition) is 2. The van der Waals surface area contributed by atoms with Gasteiger partial charge in [-0.2, -0.15) is 18.3 Å². The zero-order valence-electron chi connectivity index (χ0n) is 9.37. The number of nitrogens with zero attached hydrogens (tertiary/aromatic N) is 2. The molecular formula is C11H8F3IN4. The molecule has 2 aromatic rings. The number of benzene rings is 1. The Morgan fingerprint density at radius 1 is 1.37 bits per heavy atom. The van der Waals surface area contributed by atoms with Gasteiger partial charge in [0.15, 0.2) is 0 Å². The molecule has 0 amide bonds. The van der Waals surface area contributed by atoms with Gasteiger partial charge in [-0.3, -0.25) is 5.41 Å². The van der Waals surface area contributed by atoms with Crippen LogP contribution in [0.2, 0.25) is 0 Å². The maximum absolute atomic E-state index is 12.9. The quantitative estimate of drug-likeness (QED) is 0.478. The Kier molecular flexibility index (Phi) is 3.52. The first kappa shape index (κ1) is 13.8. The maximum Gasteiger partial charge on any atom is 0.417 e. The molecule has 0 aliphatic heterocycles. The Bertz CT molecular complexity index is 633. The van der Waals surface area contributed by atoms with E-state index in [-0.39, 0.29) is 11.3 Å². The second-order valence-corrected chi connectivity index (χ2v) is 4.99. The molecule has 0 unspecified atom stereocenters. The largest absolute Gasteiger partial charge is 0.417 e. The number of amidine groups is 1. The summed E-state index contributed by atoms with van der Waals surface area (Å²) in [6.07, 6.45) is -1.44. The zero-order chi connectivity index (χ0) is 14.2. The Balaban J connectivity index is 2.59. The number of alkyl halides is 3. The van der Waals surface area contributed by atoms with Crippen LogP contribution in [0.4, 0.5) is 13.2 Å². The van der Waals surface area contributed by atoms with Crippen molar-refractivity contribution in [1.29, 1.82) is 5.41 Å². The lowest BCUT2D eigenvalue weighted by Crippen LogP contribution is -2.19. The Labute approximate surface area is 120 Å². The van der Waals surface area contributed by atoms with E-state index in [0.717, 1.165) is 9.64 Å². The van der Waals surface area contributed by atoms with Gasteiger partial charge in [-0.25, -0.2) is 4.68 Å². The molecule has 0 aliphatic carbocycles. The fourth-order valence-corrected chi connectivity index (χ4v) is 1.97. The molecule has 3 N–H and O–H groups in total. The zero-order valence-corrected chi connectivity index (χ0v) is 11.5. The number of rotatable bonds is 2. The van der Waals surface area contributed by atoms with E-state index >= 15 is 0 Å². The lowest BCUT2D eigenvalue weighted by molar-refractivity contribution is -0.137. The van der Waals surface area contributed by atoms with Crippen molar-refractivity contribution in [3.63, 3.8) is 0 Å². The minimum atomic E-state index is -4.57. The van der Waals surface area contributed by atoms with E-state index in [9.17, 15) is 13.2 Å². The van der Waals surface area contributed by atoms with Crippen molar-refractivity contribution in [2.75, 3.05) is 0 Å². The van der Waals surface area contributed by atoms with Crippen molar-refractivity contribution < 1.29 is 13.2 Å². The topological polar surface area (TPSA) is 67.7 Å². The standard InChI is InChI=1S/C11H8F3IN4/c12-11(13,14)9-3-7(1-2-8(9)10(16)17)19-5-6(15)4-18-19/h1-5H,(H3,16,17). The smallest absolute Gasteiger partial charge is 0.384 e. The molecule has 1 aromatic carbocycles. The molecule has 0 bridgehead atoms. The van der Waals surface area contributed by atoms with Crippen molar-refractivity contribution >= 4 is 28.4 Å². The van der Waals surface area contributed by atoms with Crippen molar-refractivity contribution in [2.24, 2.45) is 5.73 Å². The van der Waals surface area contributed by atoms with Crippen LogP contribution in [0, 0.1) is 8.98 Å². The molecule has 1 aromatic heterocycles. The van der Waals surface area contributed by atoms with Gasteiger partial charge in [0.1, 0.15) is 5.84 Å². The van der Waals surface area contributed by atoms with E-state index in [1.54, 1.807) is 6.20 Å². The van der Waals surface area contributed by atoms with Gasteiger partial charge in [-0.05, 0) is 40.8 Å². The minimum absolute atomic E-state index is 0.264. The molecule has 19 heavy (non-hydrogen) atoms. The van der Waals surface area contributed by atoms with E-state index < -0.39 is 17.6 Å². The Hall–Kier alpha value is -1.58. The minimum Gasteiger partial charge on any atom is -0.384 e. The predicted octanol–water partition coefficient (Wildman–Crippen LogP) is 2.78. The third-order valence-corrected chi connectivity index (χ3v) is 2.97. The van der Waals surface area contributed by atoms with Gasteiger partial charge in [0.05, 0.1) is 21.0 Å². The van der Waals surface area contributed by atoms with E-state index in [2.05, 4.69) is 5.10 Å². The molecule has 0 atom stereocenters. The first-order chi connectivity index (χ1) is 8.79. The van der Waals surface area contributed by atoms with Gasteiger partial charge in [0.2, 0.25) is 0 Å². The summed E-state index contributed by atoms with van der Waals surface area (Å²) in [5.41, 5.74) is 4.15. The highest BCUT2D eigenvalue weighted by molar-refractivity contribution is 14.1. The first-order valence-electron chi connectivity index (χ1n) is 5.05. The monoisotopic (exact) mass is 380 g/mol. The molecule has 100 valence electrons. The van der Waals surface area contributed by atoms with Crippen LogP contribution in [0.1, 0.15) is 11.1 Å². The summed E-state index contributed by atoms with van der Waals surface area (Å²) in [5.74, 6) is -0.617. The molecule has 0 radical (unpaired) electrons. The second kappa shape index (κ2) is 4.83. The summed E-state index contributed by atoms with van der Waals surface area (Å²) in [6.45, 7) is 0. The lowest BCUT2D eigenvalue weighted by atomic mass is 10.1. The van der Waals surface area contributed by atoms with E-state index in [1.807, 2.05) is 22.6 Å². The summed E-state index contributed by atoms with van der Waals surface area (Å²) in [4.78, 5) is 0. The average Bonchev–Trinajstić information content (AvgIpc) is 2.74. The average molecular weight is 380 g/mol. The van der Waals surface area contributed by atoms with Crippen LogP contribution in [0.5, 0.6) is 0 Å². The van der Waals surface area contributed by atoms with E-state index in [4.69, 9.17) is 11.1 Å². The number of nitrogens with two attached hydrogens (primary N) is 1. The van der Waals surface area contributed by atoms with Crippen LogP contribution >= 0.6 is 22.6 Å². The summed E-state index contributed by atoms with van der Waals surface area (Å²) in [5, 5.41) is 11.1. The molecule has 0 saturated heterocycles. The highest BCUT2D eigenvalue weighted by Crippen LogP contribution is 2.33. The van der Waals surface area contributed by atoms with Crippen LogP contribution < -0.4 is 5.73 Å². The second-order valence-electron chi connectivity index (χ2n) is 3.74. The van der Waals surface area contributed by atoms with Crippen molar-refractivity contribution in [1.82, 2.24) is 9.78 Å². The SMILES string of the molecule is N=C(N)c1ccc(-n2cc(I)cn2)cc1C(F)(F)F. The molecule has 8 heteroatoms. The van der Waals surface area contributed by atoms with Crippen molar-refractivity contribution in [3.05, 3.63) is 45.3 Å². The highest BCUT2D eigenvalue weighted by atomic mass is 127. The van der Waals surface area contributed by atoms with Gasteiger partial charge in [0.25, 0.3) is 0 Å². The van der Waals surface area contributed by atoms with Gasteiger partial charge >= 0.3 is 6.18 Å². The molecule has 4 nitrogen and oxygen atoms in total. The van der Waals surface area contributed by atoms with Crippen LogP contribution in [0.15, 0.2) is 30.6 Å². The number of aromatic nitrogens is 2. The van der Waals surface area contributed by atoms with Crippen molar-refractivity contribution in [2.45, 2.75) is 6.18 Å². The molecule has 1 heterocycles. The Morgan fingerprint density at radius 3 is 2.53 bits per heavy atom. The maximum atomic E-state index is 12.9. The van der Waals surface area contributed by atoms with Crippen LogP contribution in [0.25, 0.3) is 5.69 Å². The van der Waals surface area contributed by atoms with Gasteiger partial charge in [0, 0.05) is 11.8 Å². The summed E-state index contributed by atoms with van der Waals surface area (Å²) in [6, 6.07) is 3.55. The summed E-state index contributed by atoms with van der Waals surface area (Å²) >= 11 is 2.01. The Morgan fingerprint density at radius 2 is 2.05 bits per heavy atom. The van der Waals surface area contributed by atoms with E-state index in [1.165, 1.54) is 23.0 Å². The molecule has 2 rings (SSSR count). The van der Waals surface area contributed by atoms with Crippen LogP contribution in [-0.4, -0.2) is 15.6 Å². The molecular weight excluding hydrogens is 372 g/mol. The molecule has 0 spiro atoms. The summed E-state index contributed by atoms with van der Waals surface area (Å²) in [7, 11) is 0. The first-order valence-corrected chi connectivity index (χ1v) is 6.13. The number of nitrogens with one attached hydrogen (secondary N) is 1. The fraction of sp³-hybridized carbons (Fsp3) is 0.0909. The summed E-state index contributed by atoms with van der Waals surface area (Å²) < 4.78 is 40.9. The fourth-order valence-electron chi connectivity index (χ4n) is 1.59. The number of halogens is 4. The van der Waals surface area contributed by atoms with Crippen LogP contribution in [0.3, 0.4) is 0 Å². The van der Waals surface area contributed by atoms with Gasteiger partial charge < -0.3 is 5.73 Å². The van der Waals surface area contributed by atoms with E-state index in [0.29, 0.717) is 0 Å².